The van der Waals surface area contributed by atoms with Crippen LogP contribution in [0.4, 0.5) is 0 Å². The number of hydrogen-bond donors (Lipinski definition) is 2. The molecule has 3 heteroatoms. The summed E-state index contributed by atoms with van der Waals surface area (Å²) in [5.41, 5.74) is 5.55. The van der Waals surface area contributed by atoms with Gasteiger partial charge in [0, 0.05) is 13.0 Å². The maximum absolute atomic E-state index is 11.9. The summed E-state index contributed by atoms with van der Waals surface area (Å²) in [6.45, 7) is 11.1. The van der Waals surface area contributed by atoms with E-state index in [0.717, 1.165) is 12.8 Å². The van der Waals surface area contributed by atoms with Crippen molar-refractivity contribution in [2.24, 2.45) is 17.6 Å². The van der Waals surface area contributed by atoms with Gasteiger partial charge in [-0.2, -0.15) is 0 Å². The summed E-state index contributed by atoms with van der Waals surface area (Å²) in [6.07, 6.45) is 2.38. The Hall–Kier alpha value is -0.570. The molecule has 16 heavy (non-hydrogen) atoms. The normalized spacial score (nSPS) is 13.9. The number of carbonyl (C=O) groups excluding carboxylic acids is 1. The Balaban J connectivity index is 4.31. The number of amides is 1. The van der Waals surface area contributed by atoms with Gasteiger partial charge in [0.2, 0.25) is 5.91 Å². The van der Waals surface area contributed by atoms with E-state index in [-0.39, 0.29) is 11.4 Å². The lowest BCUT2D eigenvalue weighted by molar-refractivity contribution is -0.124. The Morgan fingerprint density at radius 3 is 2.06 bits per heavy atom. The summed E-state index contributed by atoms with van der Waals surface area (Å²) in [7, 11) is 0. The molecule has 0 aliphatic carbocycles. The first-order valence-corrected chi connectivity index (χ1v) is 6.41. The van der Waals surface area contributed by atoms with Gasteiger partial charge in [-0.05, 0) is 24.7 Å². The Morgan fingerprint density at radius 1 is 1.25 bits per heavy atom. The molecule has 0 heterocycles. The molecule has 0 bridgehead atoms. The maximum Gasteiger partial charge on any atom is 0.220 e. The first-order chi connectivity index (χ1) is 7.40. The quantitative estimate of drug-likeness (QED) is 0.702. The Bertz CT molecular complexity index is 202. The van der Waals surface area contributed by atoms with E-state index in [1.165, 1.54) is 0 Å². The molecule has 0 saturated heterocycles. The molecule has 3 N–H and O–H groups in total. The van der Waals surface area contributed by atoms with Crippen LogP contribution in [-0.4, -0.2) is 18.0 Å². The Morgan fingerprint density at radius 2 is 1.75 bits per heavy atom. The molecule has 0 saturated carbocycles. The van der Waals surface area contributed by atoms with Crippen molar-refractivity contribution in [1.82, 2.24) is 5.32 Å². The zero-order valence-electron chi connectivity index (χ0n) is 11.5. The van der Waals surface area contributed by atoms with Crippen molar-refractivity contribution in [3.05, 3.63) is 0 Å². The van der Waals surface area contributed by atoms with Crippen molar-refractivity contribution in [2.45, 2.75) is 59.4 Å². The summed E-state index contributed by atoms with van der Waals surface area (Å²) in [5.74, 6) is 1.10. The number of rotatable bonds is 7. The van der Waals surface area contributed by atoms with Crippen LogP contribution in [0, 0.1) is 11.8 Å². The second kappa shape index (κ2) is 6.89. The third-order valence-electron chi connectivity index (χ3n) is 3.79. The van der Waals surface area contributed by atoms with Gasteiger partial charge in [0.1, 0.15) is 0 Å². The number of nitrogens with two attached hydrogens (primary N) is 1. The van der Waals surface area contributed by atoms with E-state index in [1.807, 2.05) is 0 Å². The molecule has 96 valence electrons. The van der Waals surface area contributed by atoms with E-state index < -0.39 is 0 Å². The molecular weight excluding hydrogens is 200 g/mol. The van der Waals surface area contributed by atoms with Crippen LogP contribution in [0.15, 0.2) is 0 Å². The van der Waals surface area contributed by atoms with Crippen LogP contribution in [0.3, 0.4) is 0 Å². The highest BCUT2D eigenvalue weighted by Crippen LogP contribution is 2.17. The summed E-state index contributed by atoms with van der Waals surface area (Å²) < 4.78 is 0. The molecule has 1 atom stereocenters. The van der Waals surface area contributed by atoms with Crippen molar-refractivity contribution in [3.8, 4) is 0 Å². The standard InChI is InChI=1S/C13H28N2O/c1-6-13(7-2,9-14)15-12(16)8-11(5)10(3)4/h10-11H,6-9,14H2,1-5H3,(H,15,16). The van der Waals surface area contributed by atoms with Gasteiger partial charge in [0.25, 0.3) is 0 Å². The van der Waals surface area contributed by atoms with Crippen LogP contribution in [0.25, 0.3) is 0 Å². The van der Waals surface area contributed by atoms with Gasteiger partial charge < -0.3 is 11.1 Å². The third kappa shape index (κ3) is 4.52. The van der Waals surface area contributed by atoms with Gasteiger partial charge in [-0.1, -0.05) is 34.6 Å². The molecule has 0 aromatic carbocycles. The third-order valence-corrected chi connectivity index (χ3v) is 3.79. The molecule has 0 spiro atoms. The summed E-state index contributed by atoms with van der Waals surface area (Å²) in [6, 6.07) is 0. The van der Waals surface area contributed by atoms with Crippen molar-refractivity contribution >= 4 is 5.91 Å². The van der Waals surface area contributed by atoms with Gasteiger partial charge in [-0.3, -0.25) is 4.79 Å². The SMILES string of the molecule is CCC(CC)(CN)NC(=O)CC(C)C(C)C. The number of nitrogens with one attached hydrogen (secondary N) is 1. The van der Waals surface area contributed by atoms with Crippen LogP contribution < -0.4 is 11.1 Å². The minimum absolute atomic E-state index is 0.135. The van der Waals surface area contributed by atoms with E-state index in [9.17, 15) is 4.79 Å². The zero-order valence-corrected chi connectivity index (χ0v) is 11.5. The molecular formula is C13H28N2O. The predicted octanol–water partition coefficient (Wildman–Crippen LogP) is 2.30. The fourth-order valence-corrected chi connectivity index (χ4v) is 1.64. The molecule has 0 aromatic heterocycles. The van der Waals surface area contributed by atoms with Crippen molar-refractivity contribution in [2.75, 3.05) is 6.54 Å². The van der Waals surface area contributed by atoms with Gasteiger partial charge in [0.15, 0.2) is 0 Å². The number of hydrogen-bond acceptors (Lipinski definition) is 2. The van der Waals surface area contributed by atoms with Crippen molar-refractivity contribution < 1.29 is 4.79 Å². The van der Waals surface area contributed by atoms with E-state index >= 15 is 0 Å². The van der Waals surface area contributed by atoms with Crippen molar-refractivity contribution in [3.63, 3.8) is 0 Å². The van der Waals surface area contributed by atoms with Gasteiger partial charge >= 0.3 is 0 Å². The molecule has 0 radical (unpaired) electrons. The van der Waals surface area contributed by atoms with Gasteiger partial charge in [-0.25, -0.2) is 0 Å². The molecule has 1 unspecified atom stereocenters. The van der Waals surface area contributed by atoms with Gasteiger partial charge in [0.05, 0.1) is 5.54 Å². The molecule has 3 nitrogen and oxygen atoms in total. The van der Waals surface area contributed by atoms with E-state index in [2.05, 4.69) is 39.9 Å². The maximum atomic E-state index is 11.9. The smallest absolute Gasteiger partial charge is 0.220 e. The van der Waals surface area contributed by atoms with Crippen LogP contribution in [0.5, 0.6) is 0 Å². The molecule has 0 aromatic rings. The van der Waals surface area contributed by atoms with Crippen molar-refractivity contribution in [1.29, 1.82) is 0 Å². The Labute approximate surface area is 100 Å². The minimum atomic E-state index is -0.201. The molecule has 0 rings (SSSR count). The Kier molecular flexibility index (Phi) is 6.65. The highest BCUT2D eigenvalue weighted by Gasteiger charge is 2.26. The highest BCUT2D eigenvalue weighted by molar-refractivity contribution is 5.77. The topological polar surface area (TPSA) is 55.1 Å². The second-order valence-electron chi connectivity index (χ2n) is 5.17. The zero-order chi connectivity index (χ0) is 12.8. The minimum Gasteiger partial charge on any atom is -0.349 e. The molecule has 0 aliphatic rings. The lowest BCUT2D eigenvalue weighted by Gasteiger charge is -2.32. The lowest BCUT2D eigenvalue weighted by atomic mass is 9.90. The monoisotopic (exact) mass is 228 g/mol. The largest absolute Gasteiger partial charge is 0.349 e. The number of carbonyl (C=O) groups is 1. The fourth-order valence-electron chi connectivity index (χ4n) is 1.64. The predicted molar refractivity (Wildman–Crippen MR) is 69.1 cm³/mol. The molecule has 0 fully saturated rings. The lowest BCUT2D eigenvalue weighted by Crippen LogP contribution is -2.53. The first kappa shape index (κ1) is 15.4. The van der Waals surface area contributed by atoms with E-state index in [0.29, 0.717) is 24.8 Å². The second-order valence-corrected chi connectivity index (χ2v) is 5.17. The average Bonchev–Trinajstić information content (AvgIpc) is 2.26. The van der Waals surface area contributed by atoms with E-state index in [4.69, 9.17) is 5.73 Å². The van der Waals surface area contributed by atoms with Crippen LogP contribution in [0.1, 0.15) is 53.9 Å². The summed E-state index contributed by atoms with van der Waals surface area (Å²) in [4.78, 5) is 11.9. The molecule has 0 aliphatic heterocycles. The van der Waals surface area contributed by atoms with Crippen LogP contribution >= 0.6 is 0 Å². The summed E-state index contributed by atoms with van der Waals surface area (Å²) >= 11 is 0. The summed E-state index contributed by atoms with van der Waals surface area (Å²) in [5, 5.41) is 3.10. The first-order valence-electron chi connectivity index (χ1n) is 6.41. The average molecular weight is 228 g/mol. The highest BCUT2D eigenvalue weighted by atomic mass is 16.1. The molecule has 1 amide bonds. The van der Waals surface area contributed by atoms with E-state index in [1.54, 1.807) is 0 Å². The van der Waals surface area contributed by atoms with Crippen LogP contribution in [0.2, 0.25) is 0 Å². The van der Waals surface area contributed by atoms with Crippen LogP contribution in [-0.2, 0) is 4.79 Å². The van der Waals surface area contributed by atoms with Gasteiger partial charge in [-0.15, -0.1) is 0 Å². The fraction of sp³-hybridized carbons (Fsp3) is 0.923.